The van der Waals surface area contributed by atoms with Crippen LogP contribution < -0.4 is 10.1 Å². The zero-order valence-electron chi connectivity index (χ0n) is 9.44. The topological polar surface area (TPSA) is 82.3 Å². The van der Waals surface area contributed by atoms with Gasteiger partial charge in [0, 0.05) is 13.1 Å². The second kappa shape index (κ2) is 4.84. The lowest BCUT2D eigenvalue weighted by molar-refractivity contribution is -0.143. The molecule has 0 atom stereocenters. The third-order valence-electron chi connectivity index (χ3n) is 2.78. The average molecular weight is 267 g/mol. The number of carboxylic acid groups (broad SMARTS) is 1. The molecule has 0 spiro atoms. The molecule has 2 rings (SSSR count). The molecular formula is C12H11ClN2O3. The van der Waals surface area contributed by atoms with E-state index in [0.717, 1.165) is 0 Å². The van der Waals surface area contributed by atoms with E-state index in [4.69, 9.17) is 26.7 Å². The molecule has 0 aromatic heterocycles. The van der Waals surface area contributed by atoms with Gasteiger partial charge in [0.25, 0.3) is 0 Å². The van der Waals surface area contributed by atoms with Crippen molar-refractivity contribution in [2.75, 3.05) is 13.1 Å². The molecule has 0 unspecified atom stereocenters. The minimum absolute atomic E-state index is 0.114. The Hall–Kier alpha value is -1.77. The Labute approximate surface area is 109 Å². The normalized spacial score (nSPS) is 16.4. The molecule has 1 heterocycles. The molecule has 1 aromatic rings. The maximum Gasteiger partial charge on any atom is 0.307 e. The highest BCUT2D eigenvalue weighted by atomic mass is 35.5. The van der Waals surface area contributed by atoms with Crippen LogP contribution in [0.2, 0.25) is 5.02 Å². The van der Waals surface area contributed by atoms with Crippen molar-refractivity contribution >= 4 is 17.6 Å². The Morgan fingerprint density at radius 1 is 1.61 bits per heavy atom. The number of nitrogens with zero attached hydrogens (tertiary/aromatic N) is 1. The van der Waals surface area contributed by atoms with Gasteiger partial charge in [0.05, 0.1) is 11.4 Å². The zero-order chi connectivity index (χ0) is 13.2. The highest BCUT2D eigenvalue weighted by molar-refractivity contribution is 6.31. The molecule has 0 bridgehead atoms. The quantitative estimate of drug-likeness (QED) is 0.861. The first-order valence-electron chi connectivity index (χ1n) is 5.36. The summed E-state index contributed by atoms with van der Waals surface area (Å²) >= 11 is 5.89. The summed E-state index contributed by atoms with van der Waals surface area (Å²) in [6.07, 6.45) is -0.114. The molecule has 2 N–H and O–H groups in total. The van der Waals surface area contributed by atoms with Gasteiger partial charge in [-0.25, -0.2) is 0 Å². The van der Waals surface area contributed by atoms with Crippen molar-refractivity contribution in [1.29, 1.82) is 5.26 Å². The number of carbonyl (C=O) groups is 1. The molecule has 94 valence electrons. The number of aliphatic carboxylic acids is 1. The molecule has 0 radical (unpaired) electrons. The third-order valence-corrected chi connectivity index (χ3v) is 3.10. The summed E-state index contributed by atoms with van der Waals surface area (Å²) in [5.41, 5.74) is -0.557. The maximum atomic E-state index is 10.8. The van der Waals surface area contributed by atoms with Gasteiger partial charge < -0.3 is 15.2 Å². The van der Waals surface area contributed by atoms with Gasteiger partial charge >= 0.3 is 5.97 Å². The number of ether oxygens (including phenoxy) is 1. The predicted octanol–water partition coefficient (Wildman–Crippen LogP) is 1.41. The van der Waals surface area contributed by atoms with Crippen molar-refractivity contribution in [2.45, 2.75) is 12.0 Å². The highest BCUT2D eigenvalue weighted by Gasteiger charge is 2.42. The van der Waals surface area contributed by atoms with Crippen LogP contribution in [-0.2, 0) is 4.79 Å². The summed E-state index contributed by atoms with van der Waals surface area (Å²) in [4.78, 5) is 10.8. The Kier molecular flexibility index (Phi) is 3.41. The molecule has 18 heavy (non-hydrogen) atoms. The lowest BCUT2D eigenvalue weighted by atomic mass is 9.92. The molecule has 1 aliphatic heterocycles. The number of hydrogen-bond acceptors (Lipinski definition) is 4. The summed E-state index contributed by atoms with van der Waals surface area (Å²) < 4.78 is 5.70. The predicted molar refractivity (Wildman–Crippen MR) is 64.6 cm³/mol. The molecule has 1 saturated heterocycles. The number of halogens is 1. The van der Waals surface area contributed by atoms with Crippen molar-refractivity contribution in [2.24, 2.45) is 0 Å². The van der Waals surface area contributed by atoms with Crippen LogP contribution in [0.3, 0.4) is 0 Å². The van der Waals surface area contributed by atoms with E-state index < -0.39 is 11.6 Å². The molecule has 0 aliphatic carbocycles. The monoisotopic (exact) mass is 266 g/mol. The second-order valence-electron chi connectivity index (χ2n) is 4.18. The van der Waals surface area contributed by atoms with Crippen LogP contribution in [0.25, 0.3) is 0 Å². The fraction of sp³-hybridized carbons (Fsp3) is 0.333. The smallest absolute Gasteiger partial charge is 0.307 e. The molecular weight excluding hydrogens is 256 g/mol. The standard InChI is InChI=1S/C12H11ClN2O3/c13-9-2-1-3-10(8(9)5-14)18-12(4-11(16)17)6-15-7-12/h1-3,15H,4,6-7H2,(H,16,17). The lowest BCUT2D eigenvalue weighted by Crippen LogP contribution is -2.64. The zero-order valence-corrected chi connectivity index (χ0v) is 10.2. The van der Waals surface area contributed by atoms with Crippen molar-refractivity contribution < 1.29 is 14.6 Å². The van der Waals surface area contributed by atoms with E-state index in [0.29, 0.717) is 23.9 Å². The number of carboxylic acids is 1. The Balaban J connectivity index is 2.26. The molecule has 1 aliphatic rings. The van der Waals surface area contributed by atoms with Gasteiger partial charge in [0.15, 0.2) is 0 Å². The molecule has 5 nitrogen and oxygen atoms in total. The largest absolute Gasteiger partial charge is 0.483 e. The van der Waals surface area contributed by atoms with Gasteiger partial charge in [0.2, 0.25) is 0 Å². The third kappa shape index (κ3) is 2.40. The van der Waals surface area contributed by atoms with Gasteiger partial charge in [-0.3, -0.25) is 4.79 Å². The van der Waals surface area contributed by atoms with Crippen LogP contribution in [0, 0.1) is 11.3 Å². The van der Waals surface area contributed by atoms with Crippen molar-refractivity contribution in [3.8, 4) is 11.8 Å². The molecule has 0 amide bonds. The SMILES string of the molecule is N#Cc1c(Cl)cccc1OC1(CC(=O)O)CNC1. The number of nitrogens with one attached hydrogen (secondary N) is 1. The number of hydrogen-bond donors (Lipinski definition) is 2. The van der Waals surface area contributed by atoms with Crippen molar-refractivity contribution in [1.82, 2.24) is 5.32 Å². The Morgan fingerprint density at radius 3 is 2.83 bits per heavy atom. The van der Waals surface area contributed by atoms with E-state index in [1.54, 1.807) is 18.2 Å². The first-order valence-corrected chi connectivity index (χ1v) is 5.74. The minimum atomic E-state index is -0.933. The summed E-state index contributed by atoms with van der Waals surface area (Å²) in [7, 11) is 0. The Morgan fingerprint density at radius 2 is 2.33 bits per heavy atom. The summed E-state index contributed by atoms with van der Waals surface area (Å²) in [6.45, 7) is 0.882. The first kappa shape index (κ1) is 12.7. The van der Waals surface area contributed by atoms with Gasteiger partial charge in [-0.2, -0.15) is 5.26 Å². The maximum absolute atomic E-state index is 10.8. The van der Waals surface area contributed by atoms with Crippen LogP contribution in [0.1, 0.15) is 12.0 Å². The fourth-order valence-corrected chi connectivity index (χ4v) is 2.05. The van der Waals surface area contributed by atoms with Crippen LogP contribution in [0.4, 0.5) is 0 Å². The fourth-order valence-electron chi connectivity index (χ4n) is 1.84. The minimum Gasteiger partial charge on any atom is -0.483 e. The van der Waals surface area contributed by atoms with Crippen LogP contribution in [-0.4, -0.2) is 29.8 Å². The van der Waals surface area contributed by atoms with E-state index in [-0.39, 0.29) is 12.0 Å². The van der Waals surface area contributed by atoms with E-state index in [1.807, 2.05) is 6.07 Å². The van der Waals surface area contributed by atoms with Gasteiger partial charge in [-0.1, -0.05) is 17.7 Å². The number of nitriles is 1. The molecule has 1 fully saturated rings. The summed E-state index contributed by atoms with van der Waals surface area (Å²) in [5, 5.41) is 21.2. The van der Waals surface area contributed by atoms with E-state index in [1.165, 1.54) is 0 Å². The summed E-state index contributed by atoms with van der Waals surface area (Å²) in [5.74, 6) is -0.607. The van der Waals surface area contributed by atoms with Crippen molar-refractivity contribution in [3.63, 3.8) is 0 Å². The lowest BCUT2D eigenvalue weighted by Gasteiger charge is -2.41. The molecule has 1 aromatic carbocycles. The van der Waals surface area contributed by atoms with Crippen LogP contribution in [0.15, 0.2) is 18.2 Å². The van der Waals surface area contributed by atoms with Gasteiger partial charge in [-0.15, -0.1) is 0 Å². The van der Waals surface area contributed by atoms with Crippen molar-refractivity contribution in [3.05, 3.63) is 28.8 Å². The summed E-state index contributed by atoms with van der Waals surface area (Å²) in [6, 6.07) is 6.84. The molecule has 6 heteroatoms. The average Bonchev–Trinajstić information content (AvgIpc) is 2.25. The van der Waals surface area contributed by atoms with Gasteiger partial charge in [0.1, 0.15) is 23.0 Å². The second-order valence-corrected chi connectivity index (χ2v) is 4.59. The molecule has 0 saturated carbocycles. The van der Waals surface area contributed by atoms with Crippen LogP contribution >= 0.6 is 11.6 Å². The van der Waals surface area contributed by atoms with Crippen LogP contribution in [0.5, 0.6) is 5.75 Å². The van der Waals surface area contributed by atoms with E-state index in [9.17, 15) is 4.79 Å². The van der Waals surface area contributed by atoms with E-state index >= 15 is 0 Å². The van der Waals surface area contributed by atoms with Gasteiger partial charge in [-0.05, 0) is 12.1 Å². The Bertz CT molecular complexity index is 521. The first-order chi connectivity index (χ1) is 8.56. The number of rotatable bonds is 4. The van der Waals surface area contributed by atoms with E-state index in [2.05, 4.69) is 5.32 Å². The highest BCUT2D eigenvalue weighted by Crippen LogP contribution is 2.31. The number of benzene rings is 1.